The lowest BCUT2D eigenvalue weighted by atomic mass is 10.1. The van der Waals surface area contributed by atoms with Crippen molar-refractivity contribution in [3.63, 3.8) is 0 Å². The Morgan fingerprint density at radius 2 is 1.32 bits per heavy atom. The van der Waals surface area contributed by atoms with Gasteiger partial charge in [-0.1, -0.05) is 0 Å². The Labute approximate surface area is 165 Å². The van der Waals surface area contributed by atoms with Crippen molar-refractivity contribution in [1.29, 1.82) is 0 Å². The van der Waals surface area contributed by atoms with E-state index in [0.29, 0.717) is 0 Å². The summed E-state index contributed by atoms with van der Waals surface area (Å²) in [5.41, 5.74) is 1.82. The molecule has 0 unspecified atom stereocenters. The Bertz CT molecular complexity index is 821. The van der Waals surface area contributed by atoms with Crippen molar-refractivity contribution in [3.8, 4) is 0 Å². The fraction of sp³-hybridized carbons (Fsp3) is 0.737. The van der Waals surface area contributed by atoms with E-state index >= 15 is 0 Å². The van der Waals surface area contributed by atoms with Crippen LogP contribution in [0.2, 0.25) is 0 Å². The predicted molar refractivity (Wildman–Crippen MR) is 108 cm³/mol. The largest absolute Gasteiger partial charge is 0.378 e. The highest BCUT2D eigenvalue weighted by molar-refractivity contribution is 5.87. The first-order valence-electron chi connectivity index (χ1n) is 10.5. The van der Waals surface area contributed by atoms with E-state index in [0.717, 1.165) is 94.6 Å². The summed E-state index contributed by atoms with van der Waals surface area (Å²) in [6.45, 7) is 8.36. The molecule has 2 aromatic rings. The van der Waals surface area contributed by atoms with E-state index in [9.17, 15) is 0 Å². The highest BCUT2D eigenvalue weighted by Gasteiger charge is 2.26. The Hall–Kier alpha value is -2.13. The molecule has 5 rings (SSSR count). The van der Waals surface area contributed by atoms with E-state index in [4.69, 9.17) is 24.4 Å². The van der Waals surface area contributed by atoms with Gasteiger partial charge in [-0.15, -0.1) is 0 Å². The number of hydrogen-bond donors (Lipinski definition) is 0. The van der Waals surface area contributed by atoms with Crippen LogP contribution >= 0.6 is 0 Å². The molecule has 0 amide bonds. The highest BCUT2D eigenvalue weighted by atomic mass is 16.5. The van der Waals surface area contributed by atoms with E-state index in [1.54, 1.807) is 0 Å². The molecule has 0 aliphatic carbocycles. The molecule has 0 radical (unpaired) electrons. The topological polar surface area (TPSA) is 71.8 Å². The van der Waals surface area contributed by atoms with Gasteiger partial charge in [0, 0.05) is 46.3 Å². The van der Waals surface area contributed by atoms with E-state index in [1.165, 1.54) is 19.3 Å². The van der Waals surface area contributed by atoms with E-state index < -0.39 is 0 Å². The number of rotatable bonds is 3. The van der Waals surface area contributed by atoms with Gasteiger partial charge in [-0.25, -0.2) is 0 Å². The van der Waals surface area contributed by atoms with Gasteiger partial charge in [0.05, 0.1) is 26.4 Å². The second kappa shape index (κ2) is 7.71. The maximum atomic E-state index is 5.57. The lowest BCUT2D eigenvalue weighted by Gasteiger charge is -2.31. The minimum atomic E-state index is 0.718. The van der Waals surface area contributed by atoms with Gasteiger partial charge in [0.25, 0.3) is 0 Å². The first kappa shape index (κ1) is 17.9. The van der Waals surface area contributed by atoms with Crippen LogP contribution in [-0.2, 0) is 16.5 Å². The van der Waals surface area contributed by atoms with E-state index in [1.807, 2.05) is 0 Å². The molecule has 9 heteroatoms. The summed E-state index contributed by atoms with van der Waals surface area (Å²) in [4.78, 5) is 21.8. The average molecular weight is 387 g/mol. The van der Waals surface area contributed by atoms with Crippen molar-refractivity contribution >= 4 is 28.9 Å². The molecule has 3 aliphatic heterocycles. The molecule has 3 aliphatic rings. The van der Waals surface area contributed by atoms with Crippen molar-refractivity contribution in [3.05, 3.63) is 0 Å². The molecule has 5 heterocycles. The van der Waals surface area contributed by atoms with Crippen molar-refractivity contribution in [2.75, 3.05) is 80.4 Å². The van der Waals surface area contributed by atoms with Crippen LogP contribution in [0.4, 0.5) is 17.7 Å². The van der Waals surface area contributed by atoms with Gasteiger partial charge in [0.15, 0.2) is 11.5 Å². The van der Waals surface area contributed by atoms with Gasteiger partial charge in [0.2, 0.25) is 11.9 Å². The number of anilines is 3. The molecular weight excluding hydrogens is 358 g/mol. The summed E-state index contributed by atoms with van der Waals surface area (Å²) >= 11 is 0. The average Bonchev–Trinajstić information content (AvgIpc) is 3.11. The quantitative estimate of drug-likeness (QED) is 0.773. The Kier molecular flexibility index (Phi) is 4.94. The first-order valence-corrected chi connectivity index (χ1v) is 10.5. The molecule has 3 fully saturated rings. The number of fused-ring (bicyclic) bond motifs is 1. The molecule has 0 bridgehead atoms. The summed E-state index contributed by atoms with van der Waals surface area (Å²) in [6, 6.07) is 0. The summed E-state index contributed by atoms with van der Waals surface area (Å²) < 4.78 is 13.3. The number of piperidine rings is 1. The normalized spacial score (nSPS) is 21.5. The van der Waals surface area contributed by atoms with Crippen molar-refractivity contribution in [1.82, 2.24) is 19.5 Å². The van der Waals surface area contributed by atoms with Crippen molar-refractivity contribution in [2.45, 2.75) is 19.3 Å². The van der Waals surface area contributed by atoms with Crippen LogP contribution in [0.5, 0.6) is 0 Å². The summed E-state index contributed by atoms with van der Waals surface area (Å²) in [5.74, 6) is 2.76. The van der Waals surface area contributed by atoms with Crippen LogP contribution in [0.15, 0.2) is 0 Å². The molecule has 0 aromatic carbocycles. The monoisotopic (exact) mass is 387 g/mol. The lowest BCUT2D eigenvalue weighted by Crippen LogP contribution is -2.39. The van der Waals surface area contributed by atoms with Crippen molar-refractivity contribution < 1.29 is 9.47 Å². The summed E-state index contributed by atoms with van der Waals surface area (Å²) in [7, 11) is 2.10. The number of hydrogen-bond acceptors (Lipinski definition) is 8. The third kappa shape index (κ3) is 3.26. The van der Waals surface area contributed by atoms with E-state index in [-0.39, 0.29) is 0 Å². The molecule has 0 saturated carbocycles. The van der Waals surface area contributed by atoms with Gasteiger partial charge in [-0.3, -0.25) is 0 Å². The minimum Gasteiger partial charge on any atom is -0.378 e. The van der Waals surface area contributed by atoms with Gasteiger partial charge in [0.1, 0.15) is 5.52 Å². The zero-order valence-corrected chi connectivity index (χ0v) is 16.6. The van der Waals surface area contributed by atoms with Crippen LogP contribution in [-0.4, -0.2) is 85.2 Å². The zero-order chi connectivity index (χ0) is 18.9. The number of imidazole rings is 1. The molecule has 28 heavy (non-hydrogen) atoms. The number of nitrogens with zero attached hydrogens (tertiary/aromatic N) is 7. The van der Waals surface area contributed by atoms with Crippen LogP contribution in [0.3, 0.4) is 0 Å². The third-order valence-corrected chi connectivity index (χ3v) is 5.92. The van der Waals surface area contributed by atoms with Crippen LogP contribution in [0.1, 0.15) is 19.3 Å². The standard InChI is InChI=1S/C19H29N7O2/c1-23-15-16(21-19(23)26-5-3-2-4-6-26)20-18(25-9-13-28-14-10-25)22-17(15)24-7-11-27-12-8-24/h2-14H2,1H3. The molecular formula is C19H29N7O2. The number of aryl methyl sites for hydroxylation is 1. The van der Waals surface area contributed by atoms with E-state index in [2.05, 4.69) is 26.3 Å². The summed E-state index contributed by atoms with van der Waals surface area (Å²) in [5, 5.41) is 0. The van der Waals surface area contributed by atoms with Crippen LogP contribution < -0.4 is 14.7 Å². The second-order valence-electron chi connectivity index (χ2n) is 7.74. The number of morpholine rings is 2. The second-order valence-corrected chi connectivity index (χ2v) is 7.74. The molecule has 9 nitrogen and oxygen atoms in total. The molecule has 2 aromatic heterocycles. The fourth-order valence-electron chi connectivity index (χ4n) is 4.35. The number of aromatic nitrogens is 4. The van der Waals surface area contributed by atoms with Gasteiger partial charge in [-0.2, -0.15) is 15.0 Å². The Morgan fingerprint density at radius 1 is 0.679 bits per heavy atom. The maximum Gasteiger partial charge on any atom is 0.229 e. The minimum absolute atomic E-state index is 0.718. The smallest absolute Gasteiger partial charge is 0.229 e. The van der Waals surface area contributed by atoms with Gasteiger partial charge < -0.3 is 28.7 Å². The number of ether oxygens (including phenoxy) is 2. The third-order valence-electron chi connectivity index (χ3n) is 5.92. The predicted octanol–water partition coefficient (Wildman–Crippen LogP) is 1.03. The summed E-state index contributed by atoms with van der Waals surface area (Å²) in [6.07, 6.45) is 3.76. The van der Waals surface area contributed by atoms with Crippen LogP contribution in [0, 0.1) is 0 Å². The molecule has 0 spiro atoms. The highest BCUT2D eigenvalue weighted by Crippen LogP contribution is 2.31. The Balaban J connectivity index is 1.60. The van der Waals surface area contributed by atoms with Crippen molar-refractivity contribution in [2.24, 2.45) is 7.05 Å². The molecule has 0 atom stereocenters. The molecule has 3 saturated heterocycles. The molecule has 152 valence electrons. The maximum absolute atomic E-state index is 5.57. The van der Waals surface area contributed by atoms with Gasteiger partial charge >= 0.3 is 0 Å². The van der Waals surface area contributed by atoms with Gasteiger partial charge in [-0.05, 0) is 19.3 Å². The lowest BCUT2D eigenvalue weighted by molar-refractivity contribution is 0.121. The first-order chi connectivity index (χ1) is 13.8. The Morgan fingerprint density at radius 3 is 2.00 bits per heavy atom. The SMILES string of the molecule is Cn1c(N2CCCCC2)nc2nc(N3CCOCC3)nc(N3CCOCC3)c21. The fourth-order valence-corrected chi connectivity index (χ4v) is 4.35. The zero-order valence-electron chi connectivity index (χ0n) is 16.6. The van der Waals surface area contributed by atoms with Crippen LogP contribution in [0.25, 0.3) is 11.2 Å². The molecule has 0 N–H and O–H groups in total.